The number of ether oxygens (including phenoxy) is 2. The highest BCUT2D eigenvalue weighted by molar-refractivity contribution is 7.16. The van der Waals surface area contributed by atoms with E-state index < -0.39 is 0 Å². The van der Waals surface area contributed by atoms with Crippen LogP contribution in [-0.2, 0) is 15.9 Å². The van der Waals surface area contributed by atoms with Gasteiger partial charge in [-0.05, 0) is 18.6 Å². The minimum Gasteiger partial charge on any atom is -0.381 e. The smallest absolute Gasteiger partial charge is 0.0931 e. The van der Waals surface area contributed by atoms with E-state index in [2.05, 4.69) is 0 Å². The molecule has 1 aliphatic rings. The molecule has 0 radical (unpaired) electrons. The molecule has 96 valence electrons. The number of nitrogens with two attached hydrogens (primary N) is 1. The maximum absolute atomic E-state index is 6.32. The molecule has 1 atom stereocenters. The van der Waals surface area contributed by atoms with Crippen molar-refractivity contribution in [3.63, 3.8) is 0 Å². The third kappa shape index (κ3) is 3.01. The third-order valence-electron chi connectivity index (χ3n) is 3.47. The second-order valence-electron chi connectivity index (χ2n) is 4.40. The molecule has 1 saturated heterocycles. The fourth-order valence-electron chi connectivity index (χ4n) is 2.31. The Balaban J connectivity index is 2.04. The molecule has 0 bridgehead atoms. The van der Waals surface area contributed by atoms with Crippen molar-refractivity contribution in [1.29, 1.82) is 0 Å². The topological polar surface area (TPSA) is 44.5 Å². The minimum atomic E-state index is -0.241. The Hall–Kier alpha value is -0.130. The maximum atomic E-state index is 6.32. The SMILES string of the molecule is COC1(C(N)Cc2ccc(Cl)s2)CCOCC1. The zero-order valence-electron chi connectivity index (χ0n) is 9.95. The summed E-state index contributed by atoms with van der Waals surface area (Å²) in [6.45, 7) is 1.46. The normalized spacial score (nSPS) is 21.4. The van der Waals surface area contributed by atoms with Crippen LogP contribution in [0.2, 0.25) is 4.34 Å². The summed E-state index contributed by atoms with van der Waals surface area (Å²) in [5.74, 6) is 0. The van der Waals surface area contributed by atoms with Crippen LogP contribution in [0.1, 0.15) is 17.7 Å². The molecule has 5 heteroatoms. The lowest BCUT2D eigenvalue weighted by Gasteiger charge is -2.40. The van der Waals surface area contributed by atoms with Crippen molar-refractivity contribution < 1.29 is 9.47 Å². The van der Waals surface area contributed by atoms with Gasteiger partial charge in [-0.3, -0.25) is 0 Å². The molecule has 2 heterocycles. The van der Waals surface area contributed by atoms with Crippen LogP contribution in [0.5, 0.6) is 0 Å². The molecule has 0 aliphatic carbocycles. The first-order valence-corrected chi connectivity index (χ1v) is 6.98. The van der Waals surface area contributed by atoms with Crippen molar-refractivity contribution >= 4 is 22.9 Å². The van der Waals surface area contributed by atoms with Crippen molar-refractivity contribution in [2.75, 3.05) is 20.3 Å². The second kappa shape index (κ2) is 5.67. The van der Waals surface area contributed by atoms with E-state index in [0.29, 0.717) is 0 Å². The van der Waals surface area contributed by atoms with Crippen LogP contribution in [0.25, 0.3) is 0 Å². The maximum Gasteiger partial charge on any atom is 0.0931 e. The summed E-state index contributed by atoms with van der Waals surface area (Å²) < 4.78 is 11.9. The Morgan fingerprint density at radius 2 is 2.24 bits per heavy atom. The Labute approximate surface area is 111 Å². The number of methoxy groups -OCH3 is 1. The Kier molecular flexibility index (Phi) is 4.44. The standard InChI is InChI=1S/C12H18ClNO2S/c1-15-12(4-6-16-7-5-12)10(14)8-9-2-3-11(13)17-9/h2-3,10H,4-8,14H2,1H3. The lowest BCUT2D eigenvalue weighted by Crippen LogP contribution is -2.53. The summed E-state index contributed by atoms with van der Waals surface area (Å²) >= 11 is 7.51. The average molecular weight is 276 g/mol. The van der Waals surface area contributed by atoms with Crippen LogP contribution < -0.4 is 5.73 Å². The van der Waals surface area contributed by atoms with Gasteiger partial charge in [-0.1, -0.05) is 11.6 Å². The van der Waals surface area contributed by atoms with Crippen molar-refractivity contribution in [2.45, 2.75) is 30.9 Å². The first-order valence-electron chi connectivity index (χ1n) is 5.79. The summed E-state index contributed by atoms with van der Waals surface area (Å²) in [6, 6.07) is 3.94. The number of halogens is 1. The Morgan fingerprint density at radius 1 is 1.53 bits per heavy atom. The molecule has 2 rings (SSSR count). The largest absolute Gasteiger partial charge is 0.381 e. The minimum absolute atomic E-state index is 0.00823. The van der Waals surface area contributed by atoms with E-state index in [-0.39, 0.29) is 11.6 Å². The van der Waals surface area contributed by atoms with Gasteiger partial charge in [0, 0.05) is 44.1 Å². The Bertz CT molecular complexity index is 363. The molecule has 1 aromatic heterocycles. The van der Waals surface area contributed by atoms with E-state index in [4.69, 9.17) is 26.8 Å². The summed E-state index contributed by atoms with van der Waals surface area (Å²) in [6.07, 6.45) is 2.54. The highest BCUT2D eigenvalue weighted by atomic mass is 35.5. The van der Waals surface area contributed by atoms with Gasteiger partial charge in [0.1, 0.15) is 0 Å². The number of thiophene rings is 1. The number of rotatable bonds is 4. The van der Waals surface area contributed by atoms with E-state index in [1.54, 1.807) is 18.4 Å². The molecule has 1 aliphatic heterocycles. The first-order chi connectivity index (χ1) is 8.16. The van der Waals surface area contributed by atoms with Gasteiger partial charge in [-0.2, -0.15) is 0 Å². The molecule has 1 fully saturated rings. The van der Waals surface area contributed by atoms with Crippen molar-refractivity contribution in [1.82, 2.24) is 0 Å². The van der Waals surface area contributed by atoms with Crippen LogP contribution in [0.15, 0.2) is 12.1 Å². The van der Waals surface area contributed by atoms with Crippen LogP contribution in [0.3, 0.4) is 0 Å². The molecule has 1 unspecified atom stereocenters. The third-order valence-corrected chi connectivity index (χ3v) is 4.72. The van der Waals surface area contributed by atoms with Crippen LogP contribution in [0, 0.1) is 0 Å². The van der Waals surface area contributed by atoms with Gasteiger partial charge in [0.25, 0.3) is 0 Å². The molecule has 0 spiro atoms. The van der Waals surface area contributed by atoms with Crippen molar-refractivity contribution in [2.24, 2.45) is 5.73 Å². The van der Waals surface area contributed by atoms with E-state index in [0.717, 1.165) is 36.8 Å². The van der Waals surface area contributed by atoms with Gasteiger partial charge < -0.3 is 15.2 Å². The predicted octanol–water partition coefficient (Wildman–Crippen LogP) is 2.47. The van der Waals surface area contributed by atoms with Crippen LogP contribution >= 0.6 is 22.9 Å². The Morgan fingerprint density at radius 3 is 2.76 bits per heavy atom. The average Bonchev–Trinajstić information content (AvgIpc) is 2.75. The highest BCUT2D eigenvalue weighted by Gasteiger charge is 2.38. The quantitative estimate of drug-likeness (QED) is 0.918. The lowest BCUT2D eigenvalue weighted by molar-refractivity contribution is -0.103. The summed E-state index contributed by atoms with van der Waals surface area (Å²) in [4.78, 5) is 1.21. The van der Waals surface area contributed by atoms with E-state index in [1.165, 1.54) is 4.88 Å². The molecule has 0 saturated carbocycles. The molecule has 0 aromatic carbocycles. The van der Waals surface area contributed by atoms with Crippen LogP contribution in [0.4, 0.5) is 0 Å². The van der Waals surface area contributed by atoms with Gasteiger partial charge in [0.05, 0.1) is 9.94 Å². The molecule has 17 heavy (non-hydrogen) atoms. The van der Waals surface area contributed by atoms with Crippen molar-refractivity contribution in [3.05, 3.63) is 21.3 Å². The highest BCUT2D eigenvalue weighted by Crippen LogP contribution is 2.31. The molecule has 3 nitrogen and oxygen atoms in total. The zero-order valence-corrected chi connectivity index (χ0v) is 11.5. The van der Waals surface area contributed by atoms with Gasteiger partial charge in [-0.25, -0.2) is 0 Å². The molecular weight excluding hydrogens is 258 g/mol. The van der Waals surface area contributed by atoms with E-state index in [1.807, 2.05) is 12.1 Å². The fourth-order valence-corrected chi connectivity index (χ4v) is 3.45. The van der Waals surface area contributed by atoms with Gasteiger partial charge in [-0.15, -0.1) is 11.3 Å². The van der Waals surface area contributed by atoms with Gasteiger partial charge >= 0.3 is 0 Å². The zero-order chi connectivity index (χ0) is 12.3. The summed E-state index contributed by atoms with van der Waals surface area (Å²) in [5.41, 5.74) is 6.08. The molecular formula is C12H18ClNO2S. The fraction of sp³-hybridized carbons (Fsp3) is 0.667. The predicted molar refractivity (Wildman–Crippen MR) is 70.8 cm³/mol. The second-order valence-corrected chi connectivity index (χ2v) is 6.20. The number of hydrogen-bond donors (Lipinski definition) is 1. The molecule has 2 N–H and O–H groups in total. The van der Waals surface area contributed by atoms with E-state index in [9.17, 15) is 0 Å². The van der Waals surface area contributed by atoms with Crippen LogP contribution in [-0.4, -0.2) is 32.0 Å². The van der Waals surface area contributed by atoms with Gasteiger partial charge in [0.2, 0.25) is 0 Å². The van der Waals surface area contributed by atoms with Gasteiger partial charge in [0.15, 0.2) is 0 Å². The van der Waals surface area contributed by atoms with Crippen molar-refractivity contribution in [3.8, 4) is 0 Å². The number of hydrogen-bond acceptors (Lipinski definition) is 4. The molecule has 0 amide bonds. The van der Waals surface area contributed by atoms with E-state index >= 15 is 0 Å². The monoisotopic (exact) mass is 275 g/mol. The summed E-state index contributed by atoms with van der Waals surface area (Å²) in [5, 5.41) is 0. The summed E-state index contributed by atoms with van der Waals surface area (Å²) in [7, 11) is 1.74. The lowest BCUT2D eigenvalue weighted by atomic mass is 9.84. The first kappa shape index (κ1) is 13.3. The molecule has 1 aromatic rings.